The van der Waals surface area contributed by atoms with Crippen LogP contribution in [0.4, 0.5) is 11.4 Å². The van der Waals surface area contributed by atoms with Crippen molar-refractivity contribution in [3.05, 3.63) is 67.7 Å². The van der Waals surface area contributed by atoms with Gasteiger partial charge in [-0.2, -0.15) is 0 Å². The predicted octanol–water partition coefficient (Wildman–Crippen LogP) is 4.46. The van der Waals surface area contributed by atoms with Crippen molar-refractivity contribution >= 4 is 40.5 Å². The highest BCUT2D eigenvalue weighted by atomic mass is 35.5. The van der Waals surface area contributed by atoms with Gasteiger partial charge >= 0.3 is 0 Å². The molecule has 108 valence electrons. The molecule has 0 saturated carbocycles. The van der Waals surface area contributed by atoms with Crippen molar-refractivity contribution in [1.29, 1.82) is 0 Å². The van der Waals surface area contributed by atoms with Gasteiger partial charge in [0.25, 0.3) is 11.6 Å². The van der Waals surface area contributed by atoms with E-state index in [-0.39, 0.29) is 21.3 Å². The first-order valence-corrected chi connectivity index (χ1v) is 6.66. The molecule has 0 saturated heterocycles. The first kappa shape index (κ1) is 15.3. The molecular weight excluding hydrogens is 315 g/mol. The molecule has 2 aromatic rings. The summed E-state index contributed by atoms with van der Waals surface area (Å²) >= 11 is 11.8. The number of nitrogens with zero attached hydrogens (tertiary/aromatic N) is 1. The van der Waals surface area contributed by atoms with Crippen LogP contribution in [0.25, 0.3) is 0 Å². The maximum Gasteiger partial charge on any atom is 0.285 e. The molecule has 0 spiro atoms. The van der Waals surface area contributed by atoms with Crippen LogP contribution < -0.4 is 5.32 Å². The number of halogens is 2. The molecule has 1 amide bonds. The zero-order valence-electron chi connectivity index (χ0n) is 10.9. The molecule has 2 rings (SSSR count). The molecule has 0 unspecified atom stereocenters. The zero-order valence-corrected chi connectivity index (χ0v) is 12.4. The Morgan fingerprint density at radius 1 is 1.19 bits per heavy atom. The van der Waals surface area contributed by atoms with Crippen molar-refractivity contribution < 1.29 is 9.72 Å². The van der Waals surface area contributed by atoms with E-state index in [4.69, 9.17) is 23.2 Å². The van der Waals surface area contributed by atoms with Gasteiger partial charge < -0.3 is 5.32 Å². The maximum atomic E-state index is 12.2. The lowest BCUT2D eigenvalue weighted by atomic mass is 10.1. The van der Waals surface area contributed by atoms with E-state index in [0.717, 1.165) is 0 Å². The van der Waals surface area contributed by atoms with Crippen LogP contribution in [0.15, 0.2) is 36.4 Å². The molecular formula is C14H10Cl2N2O3. The molecule has 21 heavy (non-hydrogen) atoms. The minimum absolute atomic E-state index is 0.0314. The van der Waals surface area contributed by atoms with Crippen LogP contribution in [0, 0.1) is 17.0 Å². The second-order valence-electron chi connectivity index (χ2n) is 4.28. The number of nitro benzene ring substituents is 1. The fourth-order valence-electron chi connectivity index (χ4n) is 1.87. The Morgan fingerprint density at radius 2 is 1.86 bits per heavy atom. The van der Waals surface area contributed by atoms with Gasteiger partial charge in [0.1, 0.15) is 5.56 Å². The number of para-hydroxylation sites is 1. The van der Waals surface area contributed by atoms with E-state index in [2.05, 4.69) is 5.32 Å². The number of carbonyl (C=O) groups excluding carboxylic acids is 1. The number of hydrogen-bond acceptors (Lipinski definition) is 3. The van der Waals surface area contributed by atoms with E-state index >= 15 is 0 Å². The first-order chi connectivity index (χ1) is 9.91. The largest absolute Gasteiger partial charge is 0.320 e. The van der Waals surface area contributed by atoms with Crippen LogP contribution in [0.2, 0.25) is 10.0 Å². The number of benzene rings is 2. The molecule has 0 aromatic heterocycles. The Labute approximate surface area is 130 Å². The molecule has 0 heterocycles. The third kappa shape index (κ3) is 3.15. The fourth-order valence-corrected chi connectivity index (χ4v) is 2.22. The van der Waals surface area contributed by atoms with Gasteiger partial charge in [0.05, 0.1) is 20.7 Å². The molecule has 5 nitrogen and oxygen atoms in total. The van der Waals surface area contributed by atoms with Crippen molar-refractivity contribution in [2.45, 2.75) is 6.92 Å². The van der Waals surface area contributed by atoms with E-state index in [1.54, 1.807) is 37.3 Å². The van der Waals surface area contributed by atoms with E-state index in [1.165, 1.54) is 6.07 Å². The lowest BCUT2D eigenvalue weighted by Gasteiger charge is -2.09. The number of carbonyl (C=O) groups is 1. The second kappa shape index (κ2) is 6.11. The Balaban J connectivity index is 2.40. The summed E-state index contributed by atoms with van der Waals surface area (Å²) < 4.78 is 0. The zero-order chi connectivity index (χ0) is 15.6. The summed E-state index contributed by atoms with van der Waals surface area (Å²) in [4.78, 5) is 22.8. The molecule has 0 fully saturated rings. The third-order valence-electron chi connectivity index (χ3n) is 2.86. The highest BCUT2D eigenvalue weighted by molar-refractivity contribution is 6.44. The van der Waals surface area contributed by atoms with Gasteiger partial charge in [0.2, 0.25) is 0 Å². The van der Waals surface area contributed by atoms with E-state index < -0.39 is 10.8 Å². The van der Waals surface area contributed by atoms with Crippen LogP contribution in [0.5, 0.6) is 0 Å². The van der Waals surface area contributed by atoms with Crippen LogP contribution >= 0.6 is 23.2 Å². The summed E-state index contributed by atoms with van der Waals surface area (Å²) in [5, 5.41) is 14.1. The first-order valence-electron chi connectivity index (χ1n) is 5.91. The summed E-state index contributed by atoms with van der Waals surface area (Å²) in [7, 11) is 0. The number of rotatable bonds is 3. The lowest BCUT2D eigenvalue weighted by molar-refractivity contribution is -0.385. The molecule has 1 N–H and O–H groups in total. The second-order valence-corrected chi connectivity index (χ2v) is 5.07. The standard InChI is InChI=1S/C14H10Cl2N2O3/c1-8-4-2-5-9(13(8)18(20)21)14(19)17-11-7-3-6-10(15)12(11)16/h2-7H,1H3,(H,17,19). The lowest BCUT2D eigenvalue weighted by Crippen LogP contribution is -2.14. The molecule has 0 bridgehead atoms. The Bertz CT molecular complexity index is 732. The molecule has 0 radical (unpaired) electrons. The summed E-state index contributed by atoms with van der Waals surface area (Å²) in [5.41, 5.74) is 0.444. The van der Waals surface area contributed by atoms with Crippen LogP contribution in [0.1, 0.15) is 15.9 Å². The van der Waals surface area contributed by atoms with Crippen molar-refractivity contribution in [3.63, 3.8) is 0 Å². The molecule has 2 aromatic carbocycles. The van der Waals surface area contributed by atoms with Gasteiger partial charge in [0, 0.05) is 5.56 Å². The molecule has 0 aliphatic rings. The quantitative estimate of drug-likeness (QED) is 0.669. The predicted molar refractivity (Wildman–Crippen MR) is 82.2 cm³/mol. The van der Waals surface area contributed by atoms with Crippen LogP contribution in [0.3, 0.4) is 0 Å². The number of hydrogen-bond donors (Lipinski definition) is 1. The van der Waals surface area contributed by atoms with Crippen LogP contribution in [-0.4, -0.2) is 10.8 Å². The Morgan fingerprint density at radius 3 is 2.52 bits per heavy atom. The van der Waals surface area contributed by atoms with Gasteiger partial charge in [-0.25, -0.2) is 0 Å². The van der Waals surface area contributed by atoms with E-state index in [9.17, 15) is 14.9 Å². The van der Waals surface area contributed by atoms with Gasteiger partial charge in [-0.05, 0) is 25.1 Å². The normalized spacial score (nSPS) is 10.2. The number of nitrogens with one attached hydrogen (secondary N) is 1. The highest BCUT2D eigenvalue weighted by Crippen LogP contribution is 2.31. The molecule has 0 aliphatic heterocycles. The van der Waals surface area contributed by atoms with E-state index in [1.807, 2.05) is 0 Å². The van der Waals surface area contributed by atoms with Gasteiger partial charge in [-0.1, -0.05) is 41.4 Å². The van der Waals surface area contributed by atoms with E-state index in [0.29, 0.717) is 11.3 Å². The third-order valence-corrected chi connectivity index (χ3v) is 3.68. The summed E-state index contributed by atoms with van der Waals surface area (Å²) in [6, 6.07) is 9.30. The average molecular weight is 325 g/mol. The monoisotopic (exact) mass is 324 g/mol. The van der Waals surface area contributed by atoms with Crippen molar-refractivity contribution in [2.75, 3.05) is 5.32 Å². The van der Waals surface area contributed by atoms with Crippen molar-refractivity contribution in [3.8, 4) is 0 Å². The SMILES string of the molecule is Cc1cccc(C(=O)Nc2cccc(Cl)c2Cl)c1[N+](=O)[O-]. The Kier molecular flexibility index (Phi) is 4.45. The molecule has 0 aliphatic carbocycles. The summed E-state index contributed by atoms with van der Waals surface area (Å²) in [6.45, 7) is 1.57. The highest BCUT2D eigenvalue weighted by Gasteiger charge is 2.23. The number of anilines is 1. The number of nitro groups is 1. The van der Waals surface area contributed by atoms with Gasteiger partial charge in [0.15, 0.2) is 0 Å². The Hall–Kier alpha value is -2.11. The summed E-state index contributed by atoms with van der Waals surface area (Å²) in [6.07, 6.45) is 0. The van der Waals surface area contributed by atoms with Crippen molar-refractivity contribution in [2.24, 2.45) is 0 Å². The number of aryl methyl sites for hydroxylation is 1. The summed E-state index contributed by atoms with van der Waals surface area (Å²) in [5.74, 6) is -0.616. The van der Waals surface area contributed by atoms with Gasteiger partial charge in [-0.3, -0.25) is 14.9 Å². The average Bonchev–Trinajstić information content (AvgIpc) is 2.43. The topological polar surface area (TPSA) is 72.2 Å². The minimum atomic E-state index is -0.616. The maximum absolute atomic E-state index is 12.2. The fraction of sp³-hybridized carbons (Fsp3) is 0.0714. The van der Waals surface area contributed by atoms with Crippen molar-refractivity contribution in [1.82, 2.24) is 0 Å². The molecule has 0 atom stereocenters. The van der Waals surface area contributed by atoms with Gasteiger partial charge in [-0.15, -0.1) is 0 Å². The minimum Gasteiger partial charge on any atom is -0.320 e. The molecule has 7 heteroatoms. The number of amides is 1. The smallest absolute Gasteiger partial charge is 0.285 e. The van der Waals surface area contributed by atoms with Crippen LogP contribution in [-0.2, 0) is 0 Å².